The van der Waals surface area contributed by atoms with Gasteiger partial charge in [0.25, 0.3) is 0 Å². The molecule has 92 valence electrons. The molecule has 1 aromatic rings. The second-order valence-corrected chi connectivity index (χ2v) is 4.99. The number of rotatable bonds is 4. The van der Waals surface area contributed by atoms with E-state index in [1.807, 2.05) is 38.1 Å². The highest BCUT2D eigenvalue weighted by atomic mass is 16.1. The quantitative estimate of drug-likeness (QED) is 0.838. The molecule has 2 unspecified atom stereocenters. The van der Waals surface area contributed by atoms with Crippen molar-refractivity contribution >= 4 is 11.6 Å². The summed E-state index contributed by atoms with van der Waals surface area (Å²) >= 11 is 0. The number of anilines is 1. The summed E-state index contributed by atoms with van der Waals surface area (Å²) in [6.07, 6.45) is 2.37. The number of amides is 1. The monoisotopic (exact) mass is 232 g/mol. The second-order valence-electron chi connectivity index (χ2n) is 4.99. The smallest absolute Gasteiger partial charge is 0.227 e. The molecular weight excluding hydrogens is 212 g/mol. The molecule has 3 heteroatoms. The van der Waals surface area contributed by atoms with Crippen LogP contribution in [-0.2, 0) is 4.79 Å². The molecule has 0 aliphatic heterocycles. The van der Waals surface area contributed by atoms with Crippen molar-refractivity contribution in [3.63, 3.8) is 0 Å². The Morgan fingerprint density at radius 2 is 2.00 bits per heavy atom. The third kappa shape index (κ3) is 2.86. The van der Waals surface area contributed by atoms with Crippen LogP contribution < -0.4 is 11.1 Å². The molecule has 0 bridgehead atoms. The number of benzene rings is 1. The summed E-state index contributed by atoms with van der Waals surface area (Å²) in [6, 6.07) is 7.67. The minimum atomic E-state index is -0.0669. The standard InChI is InChI=1S/C14H20N2O/c1-9(11-7-8-11)14(17)16-13-6-4-3-5-12(13)10(2)15/h3-6,9-11H,7-8,15H2,1-2H3,(H,16,17). The van der Waals surface area contributed by atoms with Gasteiger partial charge in [0.05, 0.1) is 0 Å². The highest BCUT2D eigenvalue weighted by Crippen LogP contribution is 2.37. The minimum absolute atomic E-state index is 0.0669. The molecule has 2 rings (SSSR count). The number of nitrogens with two attached hydrogens (primary N) is 1. The maximum atomic E-state index is 12.0. The van der Waals surface area contributed by atoms with Crippen LogP contribution in [0.2, 0.25) is 0 Å². The number of para-hydroxylation sites is 1. The summed E-state index contributed by atoms with van der Waals surface area (Å²) in [7, 11) is 0. The zero-order valence-corrected chi connectivity index (χ0v) is 10.4. The Kier molecular flexibility index (Phi) is 3.48. The number of carbonyl (C=O) groups excluding carboxylic acids is 1. The Morgan fingerprint density at radius 3 is 2.59 bits per heavy atom. The Bertz CT molecular complexity index is 410. The van der Waals surface area contributed by atoms with Crippen LogP contribution in [0.4, 0.5) is 5.69 Å². The number of hydrogen-bond donors (Lipinski definition) is 2. The van der Waals surface area contributed by atoms with Crippen LogP contribution >= 0.6 is 0 Å². The molecule has 1 saturated carbocycles. The van der Waals surface area contributed by atoms with Gasteiger partial charge in [-0.1, -0.05) is 25.1 Å². The molecule has 2 atom stereocenters. The SMILES string of the molecule is CC(N)c1ccccc1NC(=O)C(C)C1CC1. The molecule has 17 heavy (non-hydrogen) atoms. The lowest BCUT2D eigenvalue weighted by atomic mass is 10.0. The molecule has 0 saturated heterocycles. The zero-order valence-electron chi connectivity index (χ0n) is 10.4. The van der Waals surface area contributed by atoms with Crippen molar-refractivity contribution in [2.24, 2.45) is 17.6 Å². The first-order valence-electron chi connectivity index (χ1n) is 6.25. The molecule has 0 radical (unpaired) electrons. The van der Waals surface area contributed by atoms with E-state index in [1.165, 1.54) is 12.8 Å². The van der Waals surface area contributed by atoms with Gasteiger partial charge < -0.3 is 11.1 Å². The first-order chi connectivity index (χ1) is 8.09. The van der Waals surface area contributed by atoms with Crippen LogP contribution in [0.3, 0.4) is 0 Å². The fourth-order valence-electron chi connectivity index (χ4n) is 2.06. The first kappa shape index (κ1) is 12.1. The van der Waals surface area contributed by atoms with Crippen molar-refractivity contribution in [1.29, 1.82) is 0 Å². The normalized spacial score (nSPS) is 18.5. The average molecular weight is 232 g/mol. The lowest BCUT2D eigenvalue weighted by Gasteiger charge is -2.16. The van der Waals surface area contributed by atoms with Crippen molar-refractivity contribution in [3.05, 3.63) is 29.8 Å². The van der Waals surface area contributed by atoms with Crippen molar-refractivity contribution in [1.82, 2.24) is 0 Å². The molecule has 0 heterocycles. The van der Waals surface area contributed by atoms with Crippen LogP contribution in [0.15, 0.2) is 24.3 Å². The van der Waals surface area contributed by atoms with Crippen LogP contribution in [0.5, 0.6) is 0 Å². The molecule has 1 aliphatic rings. The number of carbonyl (C=O) groups is 1. The Morgan fingerprint density at radius 1 is 1.35 bits per heavy atom. The highest BCUT2D eigenvalue weighted by Gasteiger charge is 2.32. The molecule has 0 aromatic heterocycles. The Labute approximate surface area is 102 Å². The van der Waals surface area contributed by atoms with Gasteiger partial charge in [-0.05, 0) is 37.3 Å². The van der Waals surface area contributed by atoms with Crippen molar-refractivity contribution < 1.29 is 4.79 Å². The first-order valence-corrected chi connectivity index (χ1v) is 6.25. The average Bonchev–Trinajstić information content (AvgIpc) is 3.12. The molecule has 1 fully saturated rings. The van der Waals surface area contributed by atoms with Crippen molar-refractivity contribution in [2.45, 2.75) is 32.7 Å². The predicted octanol–water partition coefficient (Wildman–Crippen LogP) is 2.69. The number of nitrogens with one attached hydrogen (secondary N) is 1. The van der Waals surface area contributed by atoms with E-state index in [2.05, 4.69) is 5.32 Å². The highest BCUT2D eigenvalue weighted by molar-refractivity contribution is 5.93. The van der Waals surface area contributed by atoms with Gasteiger partial charge in [0.1, 0.15) is 0 Å². The third-order valence-electron chi connectivity index (χ3n) is 3.45. The summed E-state index contributed by atoms with van der Waals surface area (Å²) in [6.45, 7) is 3.93. The van der Waals surface area contributed by atoms with Crippen LogP contribution in [0, 0.1) is 11.8 Å². The van der Waals surface area contributed by atoms with E-state index in [0.717, 1.165) is 11.3 Å². The third-order valence-corrected chi connectivity index (χ3v) is 3.45. The maximum Gasteiger partial charge on any atom is 0.227 e. The summed E-state index contributed by atoms with van der Waals surface area (Å²) < 4.78 is 0. The summed E-state index contributed by atoms with van der Waals surface area (Å²) in [5.74, 6) is 0.800. The molecular formula is C14H20N2O. The van der Waals surface area contributed by atoms with E-state index in [1.54, 1.807) is 0 Å². The van der Waals surface area contributed by atoms with Gasteiger partial charge in [-0.15, -0.1) is 0 Å². The van der Waals surface area contributed by atoms with E-state index in [-0.39, 0.29) is 17.9 Å². The summed E-state index contributed by atoms with van der Waals surface area (Å²) in [5.41, 5.74) is 7.72. The van der Waals surface area contributed by atoms with E-state index in [9.17, 15) is 4.79 Å². The van der Waals surface area contributed by atoms with Crippen LogP contribution in [0.1, 0.15) is 38.3 Å². The van der Waals surface area contributed by atoms with E-state index < -0.39 is 0 Å². The zero-order chi connectivity index (χ0) is 12.4. The second kappa shape index (κ2) is 4.88. The fraction of sp³-hybridized carbons (Fsp3) is 0.500. The van der Waals surface area contributed by atoms with Gasteiger partial charge in [-0.25, -0.2) is 0 Å². The van der Waals surface area contributed by atoms with Crippen LogP contribution in [0.25, 0.3) is 0 Å². The topological polar surface area (TPSA) is 55.1 Å². The minimum Gasteiger partial charge on any atom is -0.326 e. The van der Waals surface area contributed by atoms with Gasteiger partial charge in [0.15, 0.2) is 0 Å². The molecule has 1 aliphatic carbocycles. The molecule has 1 aromatic carbocycles. The number of hydrogen-bond acceptors (Lipinski definition) is 2. The largest absolute Gasteiger partial charge is 0.326 e. The van der Waals surface area contributed by atoms with E-state index >= 15 is 0 Å². The van der Waals surface area contributed by atoms with Gasteiger partial charge in [-0.3, -0.25) is 4.79 Å². The molecule has 3 nitrogen and oxygen atoms in total. The fourth-order valence-corrected chi connectivity index (χ4v) is 2.06. The van der Waals surface area contributed by atoms with E-state index in [4.69, 9.17) is 5.73 Å². The van der Waals surface area contributed by atoms with Gasteiger partial charge >= 0.3 is 0 Å². The molecule has 0 spiro atoms. The van der Waals surface area contributed by atoms with Crippen LogP contribution in [-0.4, -0.2) is 5.91 Å². The van der Waals surface area contributed by atoms with Crippen molar-refractivity contribution in [2.75, 3.05) is 5.32 Å². The maximum absolute atomic E-state index is 12.0. The van der Waals surface area contributed by atoms with Gasteiger partial charge in [0, 0.05) is 17.6 Å². The predicted molar refractivity (Wildman–Crippen MR) is 69.6 cm³/mol. The molecule has 1 amide bonds. The Hall–Kier alpha value is -1.35. The lowest BCUT2D eigenvalue weighted by molar-refractivity contribution is -0.119. The lowest BCUT2D eigenvalue weighted by Crippen LogP contribution is -2.23. The summed E-state index contributed by atoms with van der Waals surface area (Å²) in [4.78, 5) is 12.0. The van der Waals surface area contributed by atoms with Gasteiger partial charge in [0.2, 0.25) is 5.91 Å². The molecule has 3 N–H and O–H groups in total. The van der Waals surface area contributed by atoms with E-state index in [0.29, 0.717) is 5.92 Å². The van der Waals surface area contributed by atoms with Gasteiger partial charge in [-0.2, -0.15) is 0 Å². The summed E-state index contributed by atoms with van der Waals surface area (Å²) in [5, 5.41) is 2.99. The Balaban J connectivity index is 2.09. The van der Waals surface area contributed by atoms with Crippen molar-refractivity contribution in [3.8, 4) is 0 Å².